The lowest BCUT2D eigenvalue weighted by atomic mass is 9.92. The van der Waals surface area contributed by atoms with E-state index in [1.807, 2.05) is 4.90 Å². The van der Waals surface area contributed by atoms with Crippen LogP contribution in [0, 0.1) is 5.82 Å². The van der Waals surface area contributed by atoms with Crippen molar-refractivity contribution in [3.05, 3.63) is 35.6 Å². The van der Waals surface area contributed by atoms with Crippen molar-refractivity contribution in [3.8, 4) is 0 Å². The first-order valence-corrected chi connectivity index (χ1v) is 7.87. The van der Waals surface area contributed by atoms with Crippen molar-refractivity contribution in [2.75, 3.05) is 39.8 Å². The van der Waals surface area contributed by atoms with Crippen molar-refractivity contribution in [2.24, 2.45) is 0 Å². The van der Waals surface area contributed by atoms with Crippen LogP contribution in [0.25, 0.3) is 0 Å². The maximum absolute atomic E-state index is 13.9. The lowest BCUT2D eigenvalue weighted by Crippen LogP contribution is -2.70. The summed E-state index contributed by atoms with van der Waals surface area (Å²) < 4.78 is 13.9. The van der Waals surface area contributed by atoms with Gasteiger partial charge in [0.2, 0.25) is 0 Å². The maximum atomic E-state index is 13.9. The fraction of sp³-hybridized carbons (Fsp3) is 0.588. The summed E-state index contributed by atoms with van der Waals surface area (Å²) in [7, 11) is 2.11. The maximum Gasteiger partial charge on any atom is 0.256 e. The largest absolute Gasteiger partial charge is 0.335 e. The molecule has 2 aliphatic heterocycles. The second kappa shape index (κ2) is 5.63. The Morgan fingerprint density at radius 2 is 1.95 bits per heavy atom. The molecule has 1 aromatic carbocycles. The highest BCUT2D eigenvalue weighted by Gasteiger charge is 2.43. The van der Waals surface area contributed by atoms with E-state index in [2.05, 4.69) is 30.7 Å². The molecular formula is C17H24FN3O. The Morgan fingerprint density at radius 1 is 1.23 bits per heavy atom. The normalized spacial score (nSPS) is 25.8. The number of amides is 1. The molecule has 4 nitrogen and oxygen atoms in total. The Bertz CT molecular complexity index is 575. The third-order valence-corrected chi connectivity index (χ3v) is 4.86. The van der Waals surface area contributed by atoms with Crippen LogP contribution in [-0.2, 0) is 0 Å². The van der Waals surface area contributed by atoms with Crippen molar-refractivity contribution < 1.29 is 9.18 Å². The summed E-state index contributed by atoms with van der Waals surface area (Å²) >= 11 is 0. The molecule has 0 bridgehead atoms. The van der Waals surface area contributed by atoms with E-state index in [4.69, 9.17) is 0 Å². The summed E-state index contributed by atoms with van der Waals surface area (Å²) in [4.78, 5) is 19.3. The van der Waals surface area contributed by atoms with E-state index in [0.29, 0.717) is 19.1 Å². The number of piperazine rings is 2. The lowest BCUT2D eigenvalue weighted by molar-refractivity contribution is -0.0515. The highest BCUT2D eigenvalue weighted by atomic mass is 19.1. The SMILES string of the molecule is CN1CCN2[C@@H](C1)CN(C(=O)c1ccccc1F)CC2(C)C. The Kier molecular flexibility index (Phi) is 3.95. The summed E-state index contributed by atoms with van der Waals surface area (Å²) in [6.45, 7) is 8.68. The Balaban J connectivity index is 1.83. The molecule has 0 radical (unpaired) electrons. The van der Waals surface area contributed by atoms with Crippen molar-refractivity contribution in [3.63, 3.8) is 0 Å². The summed E-state index contributed by atoms with van der Waals surface area (Å²) in [5, 5.41) is 0. The third kappa shape index (κ3) is 2.75. The molecule has 1 amide bonds. The van der Waals surface area contributed by atoms with Crippen LogP contribution in [-0.4, -0.2) is 72.0 Å². The van der Waals surface area contributed by atoms with E-state index >= 15 is 0 Å². The van der Waals surface area contributed by atoms with E-state index in [0.717, 1.165) is 19.6 Å². The van der Waals surface area contributed by atoms with Gasteiger partial charge in [-0.3, -0.25) is 9.69 Å². The smallest absolute Gasteiger partial charge is 0.256 e. The van der Waals surface area contributed by atoms with Crippen LogP contribution in [0.2, 0.25) is 0 Å². The minimum Gasteiger partial charge on any atom is -0.335 e. The Hall–Kier alpha value is -1.46. The molecule has 22 heavy (non-hydrogen) atoms. The third-order valence-electron chi connectivity index (χ3n) is 4.86. The van der Waals surface area contributed by atoms with Crippen LogP contribution in [0.4, 0.5) is 4.39 Å². The zero-order valence-corrected chi connectivity index (χ0v) is 13.6. The monoisotopic (exact) mass is 305 g/mol. The van der Waals surface area contributed by atoms with Crippen molar-refractivity contribution in [2.45, 2.75) is 25.4 Å². The molecule has 0 spiro atoms. The van der Waals surface area contributed by atoms with Crippen LogP contribution in [0.3, 0.4) is 0 Å². The lowest BCUT2D eigenvalue weighted by Gasteiger charge is -2.55. The summed E-state index contributed by atoms with van der Waals surface area (Å²) in [5.41, 5.74) is 0.0985. The summed E-state index contributed by atoms with van der Waals surface area (Å²) in [5.74, 6) is -0.632. The topological polar surface area (TPSA) is 26.8 Å². The van der Waals surface area contributed by atoms with Crippen LogP contribution < -0.4 is 0 Å². The van der Waals surface area contributed by atoms with E-state index < -0.39 is 5.82 Å². The predicted molar refractivity (Wildman–Crippen MR) is 84.4 cm³/mol. The van der Waals surface area contributed by atoms with E-state index in [9.17, 15) is 9.18 Å². The van der Waals surface area contributed by atoms with Gasteiger partial charge in [0, 0.05) is 44.3 Å². The molecule has 2 heterocycles. The van der Waals surface area contributed by atoms with Gasteiger partial charge in [-0.05, 0) is 33.0 Å². The zero-order chi connectivity index (χ0) is 15.9. The molecule has 0 N–H and O–H groups in total. The van der Waals surface area contributed by atoms with Crippen molar-refractivity contribution >= 4 is 5.91 Å². The average molecular weight is 305 g/mol. The van der Waals surface area contributed by atoms with Gasteiger partial charge in [0.15, 0.2) is 0 Å². The van der Waals surface area contributed by atoms with E-state index in [1.165, 1.54) is 6.07 Å². The van der Waals surface area contributed by atoms with Gasteiger partial charge in [-0.1, -0.05) is 12.1 Å². The van der Waals surface area contributed by atoms with Crippen LogP contribution in [0.1, 0.15) is 24.2 Å². The molecule has 0 aromatic heterocycles. The molecule has 0 unspecified atom stereocenters. The molecule has 1 aromatic rings. The highest BCUT2D eigenvalue weighted by molar-refractivity contribution is 5.94. The van der Waals surface area contributed by atoms with Gasteiger partial charge >= 0.3 is 0 Å². The number of benzene rings is 1. The molecule has 5 heteroatoms. The molecular weight excluding hydrogens is 281 g/mol. The highest BCUT2D eigenvalue weighted by Crippen LogP contribution is 2.28. The number of carbonyl (C=O) groups is 1. The van der Waals surface area contributed by atoms with Gasteiger partial charge in [-0.2, -0.15) is 0 Å². The van der Waals surface area contributed by atoms with Gasteiger partial charge < -0.3 is 9.80 Å². The number of hydrogen-bond acceptors (Lipinski definition) is 3. The first-order valence-electron chi connectivity index (χ1n) is 7.87. The number of likely N-dealkylation sites (N-methyl/N-ethyl adjacent to an activating group) is 1. The first-order chi connectivity index (χ1) is 10.4. The van der Waals surface area contributed by atoms with Crippen LogP contribution in [0.5, 0.6) is 0 Å². The molecule has 120 valence electrons. The van der Waals surface area contributed by atoms with Gasteiger partial charge in [0.05, 0.1) is 5.56 Å². The molecule has 1 atom stereocenters. The number of fused-ring (bicyclic) bond motifs is 1. The number of carbonyl (C=O) groups excluding carboxylic acids is 1. The molecule has 0 saturated carbocycles. The van der Waals surface area contributed by atoms with E-state index in [1.54, 1.807) is 18.2 Å². The van der Waals surface area contributed by atoms with Crippen LogP contribution in [0.15, 0.2) is 24.3 Å². The van der Waals surface area contributed by atoms with Gasteiger partial charge in [-0.15, -0.1) is 0 Å². The minimum atomic E-state index is -0.437. The average Bonchev–Trinajstić information content (AvgIpc) is 2.45. The minimum absolute atomic E-state index is 0.0783. The van der Waals surface area contributed by atoms with Crippen LogP contribution >= 0.6 is 0 Å². The molecule has 2 aliphatic rings. The van der Waals surface area contributed by atoms with Crippen molar-refractivity contribution in [1.82, 2.24) is 14.7 Å². The van der Waals surface area contributed by atoms with E-state index in [-0.39, 0.29) is 17.0 Å². The number of rotatable bonds is 1. The molecule has 2 fully saturated rings. The second-order valence-electron chi connectivity index (χ2n) is 7.09. The Morgan fingerprint density at radius 3 is 2.68 bits per heavy atom. The predicted octanol–water partition coefficient (Wildman–Crippen LogP) is 1.68. The number of nitrogens with zero attached hydrogens (tertiary/aromatic N) is 3. The number of halogens is 1. The zero-order valence-electron chi connectivity index (χ0n) is 13.6. The quantitative estimate of drug-likeness (QED) is 0.790. The summed E-state index contributed by atoms with van der Waals surface area (Å²) in [6, 6.07) is 6.57. The second-order valence-corrected chi connectivity index (χ2v) is 7.09. The van der Waals surface area contributed by atoms with Gasteiger partial charge in [-0.25, -0.2) is 4.39 Å². The van der Waals surface area contributed by atoms with Gasteiger partial charge in [0.25, 0.3) is 5.91 Å². The number of hydrogen-bond donors (Lipinski definition) is 0. The first kappa shape index (κ1) is 15.4. The summed E-state index contributed by atoms with van der Waals surface area (Å²) in [6.07, 6.45) is 0. The standard InChI is InChI=1S/C17H24FN3O/c1-17(2)12-20(11-13-10-19(3)8-9-21(13)17)16(22)14-6-4-5-7-15(14)18/h4-7,13H,8-12H2,1-3H3/t13-/m0/s1. The Labute approximate surface area is 131 Å². The molecule has 0 aliphatic carbocycles. The molecule has 2 saturated heterocycles. The molecule has 3 rings (SSSR count). The fourth-order valence-corrected chi connectivity index (χ4v) is 3.80. The van der Waals surface area contributed by atoms with Crippen molar-refractivity contribution in [1.29, 1.82) is 0 Å². The fourth-order valence-electron chi connectivity index (χ4n) is 3.80. The van der Waals surface area contributed by atoms with Gasteiger partial charge in [0.1, 0.15) is 5.82 Å².